The maximum absolute atomic E-state index is 12.6. The quantitative estimate of drug-likeness (QED) is 0.520. The van der Waals surface area contributed by atoms with Crippen molar-refractivity contribution >= 4 is 11.6 Å². The number of pyridine rings is 1. The Balaban J connectivity index is 1.31. The predicted molar refractivity (Wildman–Crippen MR) is 121 cm³/mol. The Hall–Kier alpha value is -3.93. The minimum atomic E-state index is -0.439. The van der Waals surface area contributed by atoms with Crippen molar-refractivity contribution in [2.45, 2.75) is 25.8 Å². The molecule has 0 spiro atoms. The summed E-state index contributed by atoms with van der Waals surface area (Å²) in [5, 5.41) is 2.80. The summed E-state index contributed by atoms with van der Waals surface area (Å²) < 4.78 is 2.22. The van der Waals surface area contributed by atoms with Crippen molar-refractivity contribution in [3.8, 4) is 22.5 Å². The molecule has 2 aromatic carbocycles. The van der Waals surface area contributed by atoms with Crippen LogP contribution in [-0.2, 0) is 13.0 Å². The second-order valence-electron chi connectivity index (χ2n) is 7.71. The summed E-state index contributed by atoms with van der Waals surface area (Å²) in [7, 11) is 0. The number of carbonyl (C=O) groups excluding carboxylic acids is 1. The molecule has 1 amide bonds. The largest absolute Gasteiger partial charge is 0.334 e. The van der Waals surface area contributed by atoms with Crippen LogP contribution < -0.4 is 10.9 Å². The average molecular weight is 410 g/mol. The summed E-state index contributed by atoms with van der Waals surface area (Å²) in [6, 6.07) is 20.4. The number of nitrogens with zero attached hydrogens (tertiary/aromatic N) is 2. The number of amides is 1. The van der Waals surface area contributed by atoms with Gasteiger partial charge < -0.3 is 14.9 Å². The van der Waals surface area contributed by atoms with E-state index in [2.05, 4.69) is 21.1 Å². The fraction of sp³-hybridized carbons (Fsp3) is 0.160. The second-order valence-corrected chi connectivity index (χ2v) is 7.71. The van der Waals surface area contributed by atoms with Gasteiger partial charge in [0.15, 0.2) is 0 Å². The smallest absolute Gasteiger partial charge is 0.261 e. The molecule has 154 valence electrons. The van der Waals surface area contributed by atoms with Gasteiger partial charge in [-0.3, -0.25) is 9.59 Å². The van der Waals surface area contributed by atoms with E-state index in [4.69, 9.17) is 4.98 Å². The van der Waals surface area contributed by atoms with E-state index in [1.54, 1.807) is 12.1 Å². The van der Waals surface area contributed by atoms with E-state index >= 15 is 0 Å². The van der Waals surface area contributed by atoms with Crippen LogP contribution in [0.25, 0.3) is 22.5 Å². The highest BCUT2D eigenvalue weighted by molar-refractivity contribution is 6.04. The molecule has 2 N–H and O–H groups in total. The van der Waals surface area contributed by atoms with Gasteiger partial charge in [-0.05, 0) is 42.7 Å². The lowest BCUT2D eigenvalue weighted by Crippen LogP contribution is -2.23. The monoisotopic (exact) mass is 410 g/mol. The van der Waals surface area contributed by atoms with Gasteiger partial charge in [-0.2, -0.15) is 0 Å². The van der Waals surface area contributed by atoms with Crippen molar-refractivity contribution in [3.05, 3.63) is 94.7 Å². The number of anilines is 1. The van der Waals surface area contributed by atoms with Gasteiger partial charge in [0.25, 0.3) is 11.5 Å². The normalized spacial score (nSPS) is 12.9. The Morgan fingerprint density at radius 3 is 2.48 bits per heavy atom. The van der Waals surface area contributed by atoms with Crippen LogP contribution in [0.4, 0.5) is 5.69 Å². The summed E-state index contributed by atoms with van der Waals surface area (Å²) in [4.78, 5) is 32.6. The van der Waals surface area contributed by atoms with Crippen molar-refractivity contribution in [2.24, 2.45) is 0 Å². The summed E-state index contributed by atoms with van der Waals surface area (Å²) in [5.74, 6) is 0.697. The van der Waals surface area contributed by atoms with Crippen molar-refractivity contribution < 1.29 is 4.79 Å². The number of imidazole rings is 1. The Kier molecular flexibility index (Phi) is 4.96. The van der Waals surface area contributed by atoms with E-state index in [0.717, 1.165) is 35.6 Å². The zero-order valence-electron chi connectivity index (χ0n) is 17.0. The number of hydrogen-bond acceptors (Lipinski definition) is 3. The van der Waals surface area contributed by atoms with Gasteiger partial charge in [0.1, 0.15) is 11.4 Å². The average Bonchev–Trinajstić information content (AvgIpc) is 3.24. The molecule has 0 aliphatic carbocycles. The predicted octanol–water partition coefficient (Wildman–Crippen LogP) is 4.49. The molecule has 0 fully saturated rings. The Labute approximate surface area is 179 Å². The summed E-state index contributed by atoms with van der Waals surface area (Å²) in [6.07, 6.45) is 5.49. The Bertz CT molecular complexity index is 1260. The fourth-order valence-electron chi connectivity index (χ4n) is 3.91. The zero-order chi connectivity index (χ0) is 21.2. The first-order valence-corrected chi connectivity index (χ1v) is 10.4. The third kappa shape index (κ3) is 3.92. The number of rotatable bonds is 4. The molecule has 6 nitrogen and oxygen atoms in total. The maximum Gasteiger partial charge on any atom is 0.261 e. The van der Waals surface area contributed by atoms with Gasteiger partial charge in [-0.1, -0.05) is 42.5 Å². The number of benzene rings is 2. The van der Waals surface area contributed by atoms with Crippen LogP contribution in [0.3, 0.4) is 0 Å². The molecule has 1 aliphatic rings. The molecule has 3 heterocycles. The van der Waals surface area contributed by atoms with Crippen LogP contribution in [0.1, 0.15) is 29.0 Å². The molecule has 6 heteroatoms. The third-order valence-electron chi connectivity index (χ3n) is 5.59. The van der Waals surface area contributed by atoms with E-state index in [9.17, 15) is 9.59 Å². The highest BCUT2D eigenvalue weighted by atomic mass is 16.2. The third-order valence-corrected chi connectivity index (χ3v) is 5.59. The number of carbonyl (C=O) groups is 1. The molecule has 2 aromatic heterocycles. The van der Waals surface area contributed by atoms with Crippen molar-refractivity contribution in [3.63, 3.8) is 0 Å². The number of aromatic amines is 1. The minimum absolute atomic E-state index is 0.0746. The van der Waals surface area contributed by atoms with E-state index in [1.807, 2.05) is 54.6 Å². The zero-order valence-corrected chi connectivity index (χ0v) is 17.0. The number of nitrogens with one attached hydrogen (secondary N) is 2. The van der Waals surface area contributed by atoms with Crippen LogP contribution in [-0.4, -0.2) is 20.4 Å². The first kappa shape index (κ1) is 19.1. The Morgan fingerprint density at radius 2 is 1.74 bits per heavy atom. The molecule has 0 saturated carbocycles. The SMILES string of the molecule is O=C(Nc1ccc(-c2cn3c(n2)CCCC3)cc1)c1ccc(-c2ccccc2)[nH]c1=O. The van der Waals surface area contributed by atoms with Gasteiger partial charge in [0.2, 0.25) is 0 Å². The summed E-state index contributed by atoms with van der Waals surface area (Å²) in [5.41, 5.74) is 3.80. The lowest BCUT2D eigenvalue weighted by Gasteiger charge is -2.11. The number of fused-ring (bicyclic) bond motifs is 1. The molecule has 0 atom stereocenters. The standard InChI is InChI=1S/C25H22N4O2/c30-24(20-13-14-21(28-25(20)31)17-6-2-1-3-7-17)26-19-11-9-18(10-12-19)22-16-29-15-5-4-8-23(29)27-22/h1-3,6-7,9-14,16H,4-5,8,15H2,(H,26,30)(H,28,31). The van der Waals surface area contributed by atoms with Crippen LogP contribution in [0.5, 0.6) is 0 Å². The number of aromatic nitrogens is 3. The first-order valence-electron chi connectivity index (χ1n) is 10.4. The molecule has 5 rings (SSSR count). The second kappa shape index (κ2) is 8.07. The lowest BCUT2D eigenvalue weighted by atomic mass is 10.1. The fourth-order valence-corrected chi connectivity index (χ4v) is 3.91. The Morgan fingerprint density at radius 1 is 0.935 bits per heavy atom. The van der Waals surface area contributed by atoms with Crippen molar-refractivity contribution in [2.75, 3.05) is 5.32 Å². The summed E-state index contributed by atoms with van der Waals surface area (Å²) >= 11 is 0. The number of aryl methyl sites for hydroxylation is 2. The number of H-pyrrole nitrogens is 1. The van der Waals surface area contributed by atoms with Crippen molar-refractivity contribution in [1.29, 1.82) is 0 Å². The molecular weight excluding hydrogens is 388 g/mol. The summed E-state index contributed by atoms with van der Waals surface area (Å²) in [6.45, 7) is 1.02. The molecule has 31 heavy (non-hydrogen) atoms. The van der Waals surface area contributed by atoms with Crippen LogP contribution in [0, 0.1) is 0 Å². The topological polar surface area (TPSA) is 79.8 Å². The molecule has 0 bridgehead atoms. The molecular formula is C25H22N4O2. The molecule has 0 saturated heterocycles. The van der Waals surface area contributed by atoms with Gasteiger partial charge >= 0.3 is 0 Å². The van der Waals surface area contributed by atoms with E-state index in [1.165, 1.54) is 12.8 Å². The van der Waals surface area contributed by atoms with Crippen LogP contribution in [0.2, 0.25) is 0 Å². The van der Waals surface area contributed by atoms with Gasteiger partial charge in [-0.25, -0.2) is 4.98 Å². The maximum atomic E-state index is 12.6. The van der Waals surface area contributed by atoms with Crippen molar-refractivity contribution in [1.82, 2.24) is 14.5 Å². The molecule has 0 unspecified atom stereocenters. The van der Waals surface area contributed by atoms with Gasteiger partial charge in [0.05, 0.1) is 5.69 Å². The van der Waals surface area contributed by atoms with Crippen LogP contribution >= 0.6 is 0 Å². The molecule has 0 radical (unpaired) electrons. The molecule has 1 aliphatic heterocycles. The molecule has 4 aromatic rings. The van der Waals surface area contributed by atoms with Gasteiger partial charge in [0, 0.05) is 36.1 Å². The van der Waals surface area contributed by atoms with Crippen LogP contribution in [0.15, 0.2) is 77.7 Å². The minimum Gasteiger partial charge on any atom is -0.334 e. The highest BCUT2D eigenvalue weighted by Gasteiger charge is 2.14. The van der Waals surface area contributed by atoms with E-state index < -0.39 is 11.5 Å². The number of hydrogen-bond donors (Lipinski definition) is 2. The first-order chi connectivity index (χ1) is 15.2. The highest BCUT2D eigenvalue weighted by Crippen LogP contribution is 2.24. The van der Waals surface area contributed by atoms with Gasteiger partial charge in [-0.15, -0.1) is 0 Å². The van der Waals surface area contributed by atoms with E-state index in [0.29, 0.717) is 11.4 Å². The lowest BCUT2D eigenvalue weighted by molar-refractivity contribution is 0.102. The van der Waals surface area contributed by atoms with E-state index in [-0.39, 0.29) is 5.56 Å².